The van der Waals surface area contributed by atoms with Gasteiger partial charge in [0.25, 0.3) is 0 Å². The van der Waals surface area contributed by atoms with E-state index in [1.807, 2.05) is 13.0 Å². The number of hydrogen-bond acceptors (Lipinski definition) is 3. The zero-order valence-corrected chi connectivity index (χ0v) is 11.3. The summed E-state index contributed by atoms with van der Waals surface area (Å²) in [5.41, 5.74) is 2.18. The molecule has 0 N–H and O–H groups in total. The molecule has 0 radical (unpaired) electrons. The quantitative estimate of drug-likeness (QED) is 0.831. The molecule has 2 rings (SSSR count). The highest BCUT2D eigenvalue weighted by atomic mass is 16.5. The van der Waals surface area contributed by atoms with Crippen LogP contribution in [-0.2, 0) is 6.42 Å². The monoisotopic (exact) mass is 245 g/mol. The molecule has 0 aliphatic rings. The van der Waals surface area contributed by atoms with Crippen molar-refractivity contribution >= 4 is 0 Å². The smallest absolute Gasteiger partial charge is 0.150 e. The van der Waals surface area contributed by atoms with Gasteiger partial charge in [0.1, 0.15) is 17.8 Å². The van der Waals surface area contributed by atoms with E-state index in [1.54, 1.807) is 18.1 Å². The third-order valence-corrected chi connectivity index (χ3v) is 2.97. The van der Waals surface area contributed by atoms with Crippen molar-refractivity contribution in [2.24, 2.45) is 0 Å². The minimum atomic E-state index is 0.481. The van der Waals surface area contributed by atoms with Crippen LogP contribution in [0.1, 0.15) is 38.1 Å². The lowest BCUT2D eigenvalue weighted by Gasteiger charge is -2.12. The first-order valence-electron chi connectivity index (χ1n) is 6.24. The second-order valence-electron chi connectivity index (χ2n) is 4.54. The van der Waals surface area contributed by atoms with Crippen molar-refractivity contribution in [3.63, 3.8) is 0 Å². The molecule has 4 heteroatoms. The maximum atomic E-state index is 5.44. The number of nitrogens with zero attached hydrogens (tertiary/aromatic N) is 3. The number of ether oxygens (including phenoxy) is 1. The first-order valence-corrected chi connectivity index (χ1v) is 6.24. The van der Waals surface area contributed by atoms with Gasteiger partial charge in [-0.1, -0.05) is 26.8 Å². The first-order chi connectivity index (χ1) is 8.65. The maximum Gasteiger partial charge on any atom is 0.150 e. The average Bonchev–Trinajstić information content (AvgIpc) is 2.86. The number of aryl methyl sites for hydroxylation is 1. The Bertz CT molecular complexity index is 532. The molecule has 1 heterocycles. The summed E-state index contributed by atoms with van der Waals surface area (Å²) in [5, 5.41) is 4.41. The number of hydrogen-bond donors (Lipinski definition) is 0. The molecule has 4 nitrogen and oxygen atoms in total. The van der Waals surface area contributed by atoms with Crippen molar-refractivity contribution < 1.29 is 4.74 Å². The van der Waals surface area contributed by atoms with Crippen LogP contribution in [0.5, 0.6) is 5.75 Å². The van der Waals surface area contributed by atoms with Crippen LogP contribution in [0.4, 0.5) is 0 Å². The number of methoxy groups -OCH3 is 1. The molecule has 0 bridgehead atoms. The van der Waals surface area contributed by atoms with E-state index in [2.05, 4.69) is 36.1 Å². The van der Waals surface area contributed by atoms with Crippen LogP contribution in [0.3, 0.4) is 0 Å². The van der Waals surface area contributed by atoms with E-state index in [0.29, 0.717) is 5.92 Å². The zero-order chi connectivity index (χ0) is 13.1. The van der Waals surface area contributed by atoms with Crippen molar-refractivity contribution in [2.75, 3.05) is 7.11 Å². The topological polar surface area (TPSA) is 39.9 Å². The van der Waals surface area contributed by atoms with Crippen LogP contribution in [0.2, 0.25) is 0 Å². The molecule has 0 saturated carbocycles. The molecule has 0 atom stereocenters. The molecule has 1 aromatic carbocycles. The molecule has 0 saturated heterocycles. The maximum absolute atomic E-state index is 5.44. The van der Waals surface area contributed by atoms with E-state index >= 15 is 0 Å². The number of rotatable bonds is 4. The van der Waals surface area contributed by atoms with Crippen LogP contribution >= 0.6 is 0 Å². The summed E-state index contributed by atoms with van der Waals surface area (Å²) >= 11 is 0. The molecular formula is C14H19N3O. The van der Waals surface area contributed by atoms with Crippen molar-refractivity contribution in [2.45, 2.75) is 33.1 Å². The van der Waals surface area contributed by atoms with Gasteiger partial charge in [0.15, 0.2) is 5.82 Å². The minimum Gasteiger partial charge on any atom is -0.494 e. The average molecular weight is 245 g/mol. The Morgan fingerprint density at radius 1 is 1.33 bits per heavy atom. The van der Waals surface area contributed by atoms with E-state index in [1.165, 1.54) is 5.56 Å². The predicted octanol–water partition coefficient (Wildman–Crippen LogP) is 2.96. The SMILES string of the molecule is CCc1ncn(-c2ccc(C(C)C)cc2OC)n1. The molecule has 2 aromatic rings. The van der Waals surface area contributed by atoms with Crippen molar-refractivity contribution in [3.05, 3.63) is 35.9 Å². The fraction of sp³-hybridized carbons (Fsp3) is 0.429. The van der Waals surface area contributed by atoms with E-state index in [9.17, 15) is 0 Å². The van der Waals surface area contributed by atoms with Gasteiger partial charge in [-0.2, -0.15) is 5.10 Å². The van der Waals surface area contributed by atoms with E-state index in [0.717, 1.165) is 23.7 Å². The standard InChI is InChI=1S/C14H19N3O/c1-5-14-15-9-17(16-14)12-7-6-11(10(2)3)8-13(12)18-4/h6-10H,5H2,1-4H3. The third kappa shape index (κ3) is 2.37. The number of benzene rings is 1. The Hall–Kier alpha value is -1.84. The first kappa shape index (κ1) is 12.6. The lowest BCUT2D eigenvalue weighted by Crippen LogP contribution is -2.01. The minimum absolute atomic E-state index is 0.481. The third-order valence-electron chi connectivity index (χ3n) is 2.97. The molecule has 18 heavy (non-hydrogen) atoms. The van der Waals surface area contributed by atoms with Gasteiger partial charge in [-0.3, -0.25) is 0 Å². The highest BCUT2D eigenvalue weighted by Gasteiger charge is 2.10. The summed E-state index contributed by atoms with van der Waals surface area (Å²) in [7, 11) is 1.68. The van der Waals surface area contributed by atoms with Gasteiger partial charge < -0.3 is 4.74 Å². The van der Waals surface area contributed by atoms with Crippen LogP contribution in [0.25, 0.3) is 5.69 Å². The van der Waals surface area contributed by atoms with Crippen LogP contribution in [-0.4, -0.2) is 21.9 Å². The van der Waals surface area contributed by atoms with Crippen LogP contribution in [0, 0.1) is 0 Å². The molecule has 0 unspecified atom stereocenters. The summed E-state index contributed by atoms with van der Waals surface area (Å²) in [6.45, 7) is 6.37. The van der Waals surface area contributed by atoms with E-state index in [4.69, 9.17) is 4.74 Å². The summed E-state index contributed by atoms with van der Waals surface area (Å²) in [5.74, 6) is 2.15. The second-order valence-corrected chi connectivity index (χ2v) is 4.54. The largest absolute Gasteiger partial charge is 0.494 e. The molecule has 0 spiro atoms. The normalized spacial score (nSPS) is 10.9. The highest BCUT2D eigenvalue weighted by molar-refractivity contribution is 5.48. The number of aromatic nitrogens is 3. The Morgan fingerprint density at radius 3 is 2.67 bits per heavy atom. The molecule has 96 valence electrons. The molecule has 0 aliphatic carbocycles. The van der Waals surface area contributed by atoms with Crippen molar-refractivity contribution in [3.8, 4) is 11.4 Å². The van der Waals surface area contributed by atoms with Crippen molar-refractivity contribution in [1.82, 2.24) is 14.8 Å². The Kier molecular flexibility index (Phi) is 3.65. The molecule has 0 fully saturated rings. The summed E-state index contributed by atoms with van der Waals surface area (Å²) in [6, 6.07) is 6.20. The van der Waals surface area contributed by atoms with Crippen LogP contribution in [0.15, 0.2) is 24.5 Å². The lowest BCUT2D eigenvalue weighted by molar-refractivity contribution is 0.411. The Balaban J connectivity index is 2.44. The van der Waals surface area contributed by atoms with Gasteiger partial charge in [0, 0.05) is 6.42 Å². The van der Waals surface area contributed by atoms with Gasteiger partial charge in [-0.25, -0.2) is 9.67 Å². The van der Waals surface area contributed by atoms with E-state index in [-0.39, 0.29) is 0 Å². The molecule has 1 aromatic heterocycles. The zero-order valence-electron chi connectivity index (χ0n) is 11.3. The fourth-order valence-electron chi connectivity index (χ4n) is 1.82. The summed E-state index contributed by atoms with van der Waals surface area (Å²) in [4.78, 5) is 4.24. The van der Waals surface area contributed by atoms with Gasteiger partial charge in [-0.05, 0) is 23.6 Å². The van der Waals surface area contributed by atoms with Crippen LogP contribution < -0.4 is 4.74 Å². The van der Waals surface area contributed by atoms with Gasteiger partial charge >= 0.3 is 0 Å². The van der Waals surface area contributed by atoms with Crippen molar-refractivity contribution in [1.29, 1.82) is 0 Å². The molecule has 0 aliphatic heterocycles. The van der Waals surface area contributed by atoms with Gasteiger partial charge in [-0.15, -0.1) is 0 Å². The lowest BCUT2D eigenvalue weighted by atomic mass is 10.0. The van der Waals surface area contributed by atoms with Gasteiger partial charge in [0.05, 0.1) is 7.11 Å². The Morgan fingerprint density at radius 2 is 2.11 bits per heavy atom. The fourth-order valence-corrected chi connectivity index (χ4v) is 1.82. The predicted molar refractivity (Wildman–Crippen MR) is 71.4 cm³/mol. The summed E-state index contributed by atoms with van der Waals surface area (Å²) < 4.78 is 7.21. The molecular weight excluding hydrogens is 226 g/mol. The second kappa shape index (κ2) is 5.21. The van der Waals surface area contributed by atoms with Gasteiger partial charge in [0.2, 0.25) is 0 Å². The highest BCUT2D eigenvalue weighted by Crippen LogP contribution is 2.27. The Labute approximate surface area is 108 Å². The molecule has 0 amide bonds. The summed E-state index contributed by atoms with van der Waals surface area (Å²) in [6.07, 6.45) is 2.56. The van der Waals surface area contributed by atoms with E-state index < -0.39 is 0 Å².